The minimum absolute atomic E-state index is 0.280. The second kappa shape index (κ2) is 5.64. The van der Waals surface area contributed by atoms with E-state index >= 15 is 0 Å². The normalized spacial score (nSPS) is 14.5. The van der Waals surface area contributed by atoms with Gasteiger partial charge in [-0.3, -0.25) is 5.10 Å². The Bertz CT molecular complexity index is 422. The largest absolute Gasteiger partial charge is 0.302 e. The van der Waals surface area contributed by atoms with Crippen LogP contribution in [0.1, 0.15) is 43.6 Å². The van der Waals surface area contributed by atoms with Gasteiger partial charge in [-0.05, 0) is 25.0 Å². The summed E-state index contributed by atoms with van der Waals surface area (Å²) in [5.74, 6) is 0. The quantitative estimate of drug-likeness (QED) is 0.826. The van der Waals surface area contributed by atoms with Crippen LogP contribution in [-0.2, 0) is 0 Å². The highest BCUT2D eigenvalue weighted by atomic mass is 15.1. The third-order valence-electron chi connectivity index (χ3n) is 3.05. The van der Waals surface area contributed by atoms with E-state index in [-0.39, 0.29) is 6.04 Å². The van der Waals surface area contributed by atoms with Crippen LogP contribution < -0.4 is 5.32 Å². The van der Waals surface area contributed by atoms with E-state index in [1.54, 1.807) is 6.20 Å². The molecule has 0 saturated heterocycles. The lowest BCUT2D eigenvalue weighted by atomic mass is 10.0. The second-order valence-electron chi connectivity index (χ2n) is 4.27. The lowest BCUT2D eigenvalue weighted by molar-refractivity contribution is 0.449. The molecule has 2 aromatic rings. The van der Waals surface area contributed by atoms with E-state index < -0.39 is 0 Å². The van der Waals surface area contributed by atoms with Crippen molar-refractivity contribution in [2.75, 3.05) is 0 Å². The van der Waals surface area contributed by atoms with E-state index in [9.17, 15) is 0 Å². The predicted octanol–water partition coefficient (Wildman–Crippen LogP) is 3.21. The molecule has 0 radical (unpaired) electrons. The molecule has 17 heavy (non-hydrogen) atoms. The summed E-state index contributed by atoms with van der Waals surface area (Å²) in [5, 5.41) is 10.6. The van der Waals surface area contributed by atoms with Gasteiger partial charge >= 0.3 is 0 Å². The molecule has 0 aliphatic carbocycles. The van der Waals surface area contributed by atoms with Crippen LogP contribution in [0.4, 0.5) is 0 Å². The van der Waals surface area contributed by atoms with Crippen LogP contribution in [0.15, 0.2) is 42.6 Å². The molecule has 0 spiro atoms. The third-order valence-corrected chi connectivity index (χ3v) is 3.05. The molecular formula is C14H19N3. The summed E-state index contributed by atoms with van der Waals surface area (Å²) in [6.45, 7) is 4.35. The highest BCUT2D eigenvalue weighted by molar-refractivity contribution is 5.19. The third kappa shape index (κ3) is 2.94. The lowest BCUT2D eigenvalue weighted by Gasteiger charge is -2.21. The van der Waals surface area contributed by atoms with Crippen LogP contribution in [0, 0.1) is 0 Å². The van der Waals surface area contributed by atoms with Gasteiger partial charge in [0, 0.05) is 18.3 Å². The predicted molar refractivity (Wildman–Crippen MR) is 69.6 cm³/mol. The van der Waals surface area contributed by atoms with Crippen molar-refractivity contribution in [3.05, 3.63) is 53.9 Å². The molecule has 0 saturated carbocycles. The zero-order chi connectivity index (χ0) is 12.1. The highest BCUT2D eigenvalue weighted by Crippen LogP contribution is 2.20. The summed E-state index contributed by atoms with van der Waals surface area (Å²) in [4.78, 5) is 0. The van der Waals surface area contributed by atoms with Crippen LogP contribution in [0.2, 0.25) is 0 Å². The van der Waals surface area contributed by atoms with Gasteiger partial charge in [-0.1, -0.05) is 37.3 Å². The number of rotatable bonds is 5. The summed E-state index contributed by atoms with van der Waals surface area (Å²) in [5.41, 5.74) is 2.46. The summed E-state index contributed by atoms with van der Waals surface area (Å²) in [7, 11) is 0. The second-order valence-corrected chi connectivity index (χ2v) is 4.27. The molecule has 0 bridgehead atoms. The van der Waals surface area contributed by atoms with Crippen LogP contribution >= 0.6 is 0 Å². The Labute approximate surface area is 102 Å². The van der Waals surface area contributed by atoms with Crippen LogP contribution in [0.3, 0.4) is 0 Å². The average Bonchev–Trinajstić information content (AvgIpc) is 2.90. The van der Waals surface area contributed by atoms with Gasteiger partial charge < -0.3 is 5.32 Å². The number of aromatic amines is 1. The molecule has 1 aromatic carbocycles. The maximum Gasteiger partial charge on any atom is 0.0518 e. The van der Waals surface area contributed by atoms with Crippen molar-refractivity contribution in [2.45, 2.75) is 32.4 Å². The molecule has 0 fully saturated rings. The van der Waals surface area contributed by atoms with Gasteiger partial charge in [0.1, 0.15) is 0 Å². The SMILES string of the molecule is CCC(NC(C)c1ccn[nH]1)c1ccccc1. The van der Waals surface area contributed by atoms with E-state index in [1.807, 2.05) is 6.07 Å². The molecule has 3 nitrogen and oxygen atoms in total. The van der Waals surface area contributed by atoms with Gasteiger partial charge in [0.25, 0.3) is 0 Å². The molecule has 1 heterocycles. The van der Waals surface area contributed by atoms with Crippen molar-refractivity contribution < 1.29 is 0 Å². The maximum absolute atomic E-state index is 3.98. The number of nitrogens with zero attached hydrogens (tertiary/aromatic N) is 1. The fourth-order valence-corrected chi connectivity index (χ4v) is 2.03. The number of hydrogen-bond donors (Lipinski definition) is 2. The Hall–Kier alpha value is -1.61. The molecule has 0 aliphatic rings. The van der Waals surface area contributed by atoms with E-state index in [4.69, 9.17) is 0 Å². The van der Waals surface area contributed by atoms with Crippen LogP contribution in [0.5, 0.6) is 0 Å². The zero-order valence-electron chi connectivity index (χ0n) is 10.4. The first kappa shape index (κ1) is 11.9. The summed E-state index contributed by atoms with van der Waals surface area (Å²) in [6.07, 6.45) is 2.86. The molecule has 2 atom stereocenters. The molecular weight excluding hydrogens is 210 g/mol. The number of benzene rings is 1. The van der Waals surface area contributed by atoms with E-state index in [0.717, 1.165) is 12.1 Å². The first-order valence-electron chi connectivity index (χ1n) is 6.11. The number of hydrogen-bond acceptors (Lipinski definition) is 2. The van der Waals surface area contributed by atoms with Crippen LogP contribution in [0.25, 0.3) is 0 Å². The standard InChI is InChI=1S/C14H19N3/c1-3-13(12-7-5-4-6-8-12)16-11(2)14-9-10-15-17-14/h4-11,13,16H,3H2,1-2H3,(H,15,17). The van der Waals surface area contributed by atoms with Crippen molar-refractivity contribution in [3.8, 4) is 0 Å². The zero-order valence-corrected chi connectivity index (χ0v) is 10.4. The molecule has 0 aliphatic heterocycles. The summed E-state index contributed by atoms with van der Waals surface area (Å²) < 4.78 is 0. The Kier molecular flexibility index (Phi) is 3.94. The van der Waals surface area contributed by atoms with Crippen molar-refractivity contribution in [1.82, 2.24) is 15.5 Å². The number of aromatic nitrogens is 2. The molecule has 2 N–H and O–H groups in total. The van der Waals surface area contributed by atoms with Gasteiger partial charge in [0.15, 0.2) is 0 Å². The monoisotopic (exact) mass is 229 g/mol. The smallest absolute Gasteiger partial charge is 0.0518 e. The number of nitrogens with one attached hydrogen (secondary N) is 2. The Balaban J connectivity index is 2.06. The average molecular weight is 229 g/mol. The van der Waals surface area contributed by atoms with Crippen molar-refractivity contribution in [3.63, 3.8) is 0 Å². The van der Waals surface area contributed by atoms with Crippen LogP contribution in [-0.4, -0.2) is 10.2 Å². The van der Waals surface area contributed by atoms with E-state index in [0.29, 0.717) is 6.04 Å². The number of H-pyrrole nitrogens is 1. The molecule has 2 unspecified atom stereocenters. The molecule has 1 aromatic heterocycles. The minimum Gasteiger partial charge on any atom is -0.302 e. The van der Waals surface area contributed by atoms with Gasteiger partial charge in [-0.15, -0.1) is 0 Å². The topological polar surface area (TPSA) is 40.7 Å². The molecule has 0 amide bonds. The fourth-order valence-electron chi connectivity index (χ4n) is 2.03. The maximum atomic E-state index is 3.98. The summed E-state index contributed by atoms with van der Waals surface area (Å²) in [6, 6.07) is 13.2. The van der Waals surface area contributed by atoms with Crippen molar-refractivity contribution >= 4 is 0 Å². The summed E-state index contributed by atoms with van der Waals surface area (Å²) >= 11 is 0. The fraction of sp³-hybridized carbons (Fsp3) is 0.357. The molecule has 90 valence electrons. The Morgan fingerprint density at radius 2 is 2.00 bits per heavy atom. The minimum atomic E-state index is 0.280. The van der Waals surface area contributed by atoms with Gasteiger partial charge in [0.2, 0.25) is 0 Å². The first-order chi connectivity index (χ1) is 8.31. The highest BCUT2D eigenvalue weighted by Gasteiger charge is 2.13. The molecule has 3 heteroatoms. The van der Waals surface area contributed by atoms with Crippen molar-refractivity contribution in [1.29, 1.82) is 0 Å². The van der Waals surface area contributed by atoms with Crippen molar-refractivity contribution in [2.24, 2.45) is 0 Å². The molecule has 2 rings (SSSR count). The Morgan fingerprint density at radius 1 is 1.24 bits per heavy atom. The van der Waals surface area contributed by atoms with Gasteiger partial charge in [0.05, 0.1) is 5.69 Å². The Morgan fingerprint density at radius 3 is 2.59 bits per heavy atom. The van der Waals surface area contributed by atoms with E-state index in [1.165, 1.54) is 5.56 Å². The van der Waals surface area contributed by atoms with Gasteiger partial charge in [-0.25, -0.2) is 0 Å². The van der Waals surface area contributed by atoms with E-state index in [2.05, 4.69) is 59.7 Å². The van der Waals surface area contributed by atoms with Gasteiger partial charge in [-0.2, -0.15) is 5.10 Å². The first-order valence-corrected chi connectivity index (χ1v) is 6.11. The lowest BCUT2D eigenvalue weighted by Crippen LogP contribution is -2.24.